The molecule has 9 heteroatoms. The van der Waals surface area contributed by atoms with Gasteiger partial charge in [0.1, 0.15) is 11.9 Å². The Morgan fingerprint density at radius 2 is 2.10 bits per heavy atom. The molecule has 1 heterocycles. The number of carbonyl (C=O) groups is 1. The number of halogens is 1. The van der Waals surface area contributed by atoms with Gasteiger partial charge in [0.05, 0.1) is 16.8 Å². The van der Waals surface area contributed by atoms with Gasteiger partial charge < -0.3 is 5.73 Å². The van der Waals surface area contributed by atoms with Gasteiger partial charge in [-0.3, -0.25) is 9.35 Å². The van der Waals surface area contributed by atoms with Crippen LogP contribution in [0.4, 0.5) is 10.1 Å². The third-order valence-corrected chi connectivity index (χ3v) is 3.91. The van der Waals surface area contributed by atoms with Gasteiger partial charge in [-0.25, -0.2) is 13.6 Å². The molecule has 21 heavy (non-hydrogen) atoms. The minimum absolute atomic E-state index is 0.0181. The predicted molar refractivity (Wildman–Crippen MR) is 73.7 cm³/mol. The van der Waals surface area contributed by atoms with E-state index in [9.17, 15) is 23.2 Å². The Morgan fingerprint density at radius 1 is 1.48 bits per heavy atom. The van der Waals surface area contributed by atoms with Gasteiger partial charge in [-0.1, -0.05) is 0 Å². The minimum Gasteiger partial charge on any atom is -0.365 e. The van der Waals surface area contributed by atoms with E-state index in [0.29, 0.717) is 13.1 Å². The molecule has 0 aromatic heterocycles. The van der Waals surface area contributed by atoms with Crippen LogP contribution < -0.4 is 10.1 Å². The molecule has 1 amide bonds. The number of hydrogen-bond donors (Lipinski definition) is 2. The number of rotatable bonds is 4. The molecule has 0 saturated carbocycles. The third kappa shape index (κ3) is 2.87. The van der Waals surface area contributed by atoms with Crippen molar-refractivity contribution in [2.45, 2.75) is 12.8 Å². The summed E-state index contributed by atoms with van der Waals surface area (Å²) in [5.74, 6) is -2.04. The number of benzene rings is 1. The first-order chi connectivity index (χ1) is 9.97. The fourth-order valence-corrected chi connectivity index (χ4v) is 2.98. The second kappa shape index (κ2) is 6.17. The van der Waals surface area contributed by atoms with Crippen molar-refractivity contribution >= 4 is 22.9 Å². The molecule has 112 valence electrons. The van der Waals surface area contributed by atoms with Crippen molar-refractivity contribution in [1.82, 2.24) is 5.01 Å². The topological polar surface area (TPSA) is 111 Å². The lowest BCUT2D eigenvalue weighted by atomic mass is 10.1. The number of hydrogen-bond acceptors (Lipinski definition) is 4. The van der Waals surface area contributed by atoms with Crippen LogP contribution in [-0.4, -0.2) is 32.8 Å². The second-order valence-electron chi connectivity index (χ2n) is 4.46. The number of nitrogens with zero attached hydrogens (tertiary/aromatic N) is 3. The lowest BCUT2D eigenvalue weighted by Gasteiger charge is -2.30. The zero-order valence-corrected chi connectivity index (χ0v) is 11.8. The Labute approximate surface area is 123 Å². The highest BCUT2D eigenvalue weighted by Crippen LogP contribution is 2.29. The van der Waals surface area contributed by atoms with Gasteiger partial charge in [-0.2, -0.15) is 9.68 Å². The second-order valence-corrected chi connectivity index (χ2v) is 5.26. The van der Waals surface area contributed by atoms with Gasteiger partial charge in [0.2, 0.25) is 0 Å². The molecular weight excluding hydrogens is 299 g/mol. The van der Waals surface area contributed by atoms with E-state index in [1.807, 2.05) is 0 Å². The maximum atomic E-state index is 13.7. The molecule has 1 aliphatic rings. The summed E-state index contributed by atoms with van der Waals surface area (Å²) in [4.78, 5) is 11.3. The molecular formula is C12H13FN4O3S. The van der Waals surface area contributed by atoms with Crippen LogP contribution in [0.2, 0.25) is 0 Å². The fourth-order valence-electron chi connectivity index (χ4n) is 2.30. The van der Waals surface area contributed by atoms with Crippen molar-refractivity contribution in [3.05, 3.63) is 29.1 Å². The lowest BCUT2D eigenvalue weighted by molar-refractivity contribution is 0.0996. The maximum Gasteiger partial charge on any atom is 0.277 e. The number of nitrogens with two attached hydrogens (primary N) is 1. The SMILES string of the molecule is N#Cc1c(N(N2CCCC2)S(=O)O)ccc(F)c1C(N)=O. The van der Waals surface area contributed by atoms with Gasteiger partial charge in [-0.15, -0.1) is 0 Å². The van der Waals surface area contributed by atoms with Crippen LogP contribution in [-0.2, 0) is 11.3 Å². The van der Waals surface area contributed by atoms with Crippen LogP contribution in [0.1, 0.15) is 28.8 Å². The molecule has 1 saturated heterocycles. The van der Waals surface area contributed by atoms with Crippen molar-refractivity contribution in [3.8, 4) is 6.07 Å². The summed E-state index contributed by atoms with van der Waals surface area (Å²) < 4.78 is 35.7. The van der Waals surface area contributed by atoms with Gasteiger partial charge >= 0.3 is 0 Å². The van der Waals surface area contributed by atoms with Gasteiger partial charge in [0.25, 0.3) is 17.2 Å². The largest absolute Gasteiger partial charge is 0.365 e. The molecule has 1 unspecified atom stereocenters. The van der Waals surface area contributed by atoms with Gasteiger partial charge in [-0.05, 0) is 25.0 Å². The summed E-state index contributed by atoms with van der Waals surface area (Å²) in [5, 5.41) is 10.8. The van der Waals surface area contributed by atoms with E-state index >= 15 is 0 Å². The molecule has 1 atom stereocenters. The quantitative estimate of drug-likeness (QED) is 0.797. The normalized spacial score (nSPS) is 16.4. The van der Waals surface area contributed by atoms with E-state index in [1.54, 1.807) is 11.1 Å². The van der Waals surface area contributed by atoms with Crippen molar-refractivity contribution < 1.29 is 17.9 Å². The molecule has 7 nitrogen and oxygen atoms in total. The molecule has 2 rings (SSSR count). The van der Waals surface area contributed by atoms with E-state index < -0.39 is 28.6 Å². The summed E-state index contributed by atoms with van der Waals surface area (Å²) in [6, 6.07) is 3.83. The monoisotopic (exact) mass is 312 g/mol. The highest BCUT2D eigenvalue weighted by atomic mass is 32.2. The zero-order chi connectivity index (χ0) is 15.6. The number of anilines is 1. The average molecular weight is 312 g/mol. The van der Waals surface area contributed by atoms with E-state index in [2.05, 4.69) is 0 Å². The summed E-state index contributed by atoms with van der Waals surface area (Å²) in [6.07, 6.45) is 1.67. The summed E-state index contributed by atoms with van der Waals surface area (Å²) >= 11 is -2.45. The standard InChI is InChI=1S/C12H13FN4O3S/c13-9-3-4-10(8(7-14)11(9)12(15)18)17(21(19)20)16-5-1-2-6-16/h3-4H,1-2,5-6H2,(H2,15,18)(H,19,20). The fraction of sp³-hybridized carbons (Fsp3) is 0.333. The first kappa shape index (κ1) is 15.4. The van der Waals surface area contributed by atoms with Crippen molar-refractivity contribution in [2.24, 2.45) is 5.73 Å². The number of amides is 1. The van der Waals surface area contributed by atoms with E-state index in [4.69, 9.17) is 5.73 Å². The summed E-state index contributed by atoms with van der Waals surface area (Å²) in [5.41, 5.74) is 4.14. The Morgan fingerprint density at radius 3 is 2.57 bits per heavy atom. The van der Waals surface area contributed by atoms with Crippen molar-refractivity contribution in [2.75, 3.05) is 17.5 Å². The number of carbonyl (C=O) groups excluding carboxylic acids is 1. The Balaban J connectivity index is 2.61. The zero-order valence-electron chi connectivity index (χ0n) is 11.0. The third-order valence-electron chi connectivity index (χ3n) is 3.18. The predicted octanol–water partition coefficient (Wildman–Crippen LogP) is 0.750. The Hall–Kier alpha value is -2.02. The van der Waals surface area contributed by atoms with Gasteiger partial charge in [0.15, 0.2) is 0 Å². The first-order valence-electron chi connectivity index (χ1n) is 6.15. The van der Waals surface area contributed by atoms with Crippen LogP contribution >= 0.6 is 0 Å². The average Bonchev–Trinajstić information content (AvgIpc) is 2.93. The van der Waals surface area contributed by atoms with Crippen LogP contribution in [0.5, 0.6) is 0 Å². The lowest BCUT2D eigenvalue weighted by Crippen LogP contribution is -2.42. The number of nitriles is 1. The molecule has 1 aromatic carbocycles. The Kier molecular flexibility index (Phi) is 4.52. The molecule has 0 radical (unpaired) electrons. The highest BCUT2D eigenvalue weighted by Gasteiger charge is 2.29. The van der Waals surface area contributed by atoms with Crippen molar-refractivity contribution in [3.63, 3.8) is 0 Å². The summed E-state index contributed by atoms with van der Waals surface area (Å²) in [7, 11) is 0. The van der Waals surface area contributed by atoms with Crippen LogP contribution in [0.3, 0.4) is 0 Å². The highest BCUT2D eigenvalue weighted by molar-refractivity contribution is 7.80. The van der Waals surface area contributed by atoms with E-state index in [1.165, 1.54) is 6.07 Å². The molecule has 1 aromatic rings. The molecule has 0 spiro atoms. The number of hydrazine groups is 1. The number of primary amides is 1. The van der Waals surface area contributed by atoms with Crippen LogP contribution in [0, 0.1) is 17.1 Å². The molecule has 0 aliphatic carbocycles. The summed E-state index contributed by atoms with van der Waals surface area (Å²) in [6.45, 7) is 1.06. The first-order valence-corrected chi connectivity index (χ1v) is 7.22. The van der Waals surface area contributed by atoms with Crippen molar-refractivity contribution in [1.29, 1.82) is 5.26 Å². The smallest absolute Gasteiger partial charge is 0.277 e. The molecule has 0 bridgehead atoms. The molecule has 1 fully saturated rings. The van der Waals surface area contributed by atoms with E-state index in [-0.39, 0.29) is 11.3 Å². The Bertz CT molecular complexity index is 640. The minimum atomic E-state index is -2.45. The molecule has 3 N–H and O–H groups in total. The van der Waals surface area contributed by atoms with E-state index in [0.717, 1.165) is 23.3 Å². The molecule has 1 aliphatic heterocycles. The van der Waals surface area contributed by atoms with Gasteiger partial charge in [0, 0.05) is 13.1 Å². The van der Waals surface area contributed by atoms with Crippen LogP contribution in [0.25, 0.3) is 0 Å². The maximum absolute atomic E-state index is 13.7. The van der Waals surface area contributed by atoms with Crippen LogP contribution in [0.15, 0.2) is 12.1 Å².